The number of nitrogens with one attached hydrogen (secondary N) is 1. The largest absolute Gasteiger partial charge is 0.490 e. The number of aromatic nitrogens is 1. The van der Waals surface area contributed by atoms with Gasteiger partial charge in [-0.1, -0.05) is 13.3 Å². The van der Waals surface area contributed by atoms with Gasteiger partial charge < -0.3 is 15.0 Å². The van der Waals surface area contributed by atoms with E-state index in [9.17, 15) is 41.3 Å². The summed E-state index contributed by atoms with van der Waals surface area (Å²) in [7, 11) is 0. The van der Waals surface area contributed by atoms with Crippen LogP contribution in [0.1, 0.15) is 76.0 Å². The molecule has 0 unspecified atom stereocenters. The van der Waals surface area contributed by atoms with Gasteiger partial charge in [-0.3, -0.25) is 19.9 Å². The van der Waals surface area contributed by atoms with Crippen molar-refractivity contribution in [2.24, 2.45) is 0 Å². The molecule has 0 radical (unpaired) electrons. The molecule has 3 rings (SSSR count). The van der Waals surface area contributed by atoms with Gasteiger partial charge in [0, 0.05) is 48.8 Å². The lowest BCUT2D eigenvalue weighted by Crippen LogP contribution is -2.35. The molecule has 238 valence electrons. The molecule has 1 saturated carbocycles. The molecule has 0 spiro atoms. The van der Waals surface area contributed by atoms with E-state index in [1.54, 1.807) is 12.3 Å². The van der Waals surface area contributed by atoms with Crippen molar-refractivity contribution in [2.75, 3.05) is 18.4 Å². The second-order valence-corrected chi connectivity index (χ2v) is 10.7. The first kappa shape index (κ1) is 33.9. The normalized spacial score (nSPS) is 17.4. The molecule has 1 aliphatic carbocycles. The van der Waals surface area contributed by atoms with Crippen molar-refractivity contribution in [1.82, 2.24) is 9.88 Å². The van der Waals surface area contributed by atoms with Crippen molar-refractivity contribution < 1.29 is 40.8 Å². The molecule has 0 bridgehead atoms. The number of anilines is 1. The van der Waals surface area contributed by atoms with Crippen LogP contribution in [0.5, 0.6) is 5.75 Å². The molecule has 14 heteroatoms. The maximum absolute atomic E-state index is 13.3. The average molecular weight is 619 g/mol. The summed E-state index contributed by atoms with van der Waals surface area (Å²) in [6, 6.07) is 6.40. The standard InChI is InChI=1S/C29H36F6N4O4/c1-2-15-38(27(40)19-28(30,31)32)16-5-3-4-6-21-17-24(13-14-36-21)43-23-10-7-20(8-11-23)37-22-9-12-26(39(41)42)25(18-22)29(33,34)35/h9,12-14,17-18,20,23,37H,2-8,10-11,15-16,19H2,1H3. The molecule has 0 saturated heterocycles. The Bertz CT molecular complexity index is 1220. The molecule has 1 amide bonds. The molecular formula is C29H36F6N4O4. The maximum Gasteiger partial charge on any atom is 0.423 e. The average Bonchev–Trinajstić information content (AvgIpc) is 2.92. The SMILES string of the molecule is CCCN(CCCCCc1cc(OC2CCC(Nc3ccc([N+](=O)[O-])c(C(F)(F)F)c3)CC2)ccn1)C(=O)CC(F)(F)F. The first-order valence-corrected chi connectivity index (χ1v) is 14.3. The smallest absolute Gasteiger partial charge is 0.423 e. The van der Waals surface area contributed by atoms with Gasteiger partial charge in [-0.25, -0.2) is 0 Å². The summed E-state index contributed by atoms with van der Waals surface area (Å²) >= 11 is 0. The predicted molar refractivity (Wildman–Crippen MR) is 148 cm³/mol. The number of unbranched alkanes of at least 4 members (excludes halogenated alkanes) is 2. The Labute approximate surface area is 246 Å². The second-order valence-electron chi connectivity index (χ2n) is 10.7. The third-order valence-electron chi connectivity index (χ3n) is 7.19. The molecule has 1 aliphatic rings. The molecule has 1 aromatic carbocycles. The van der Waals surface area contributed by atoms with Crippen LogP contribution in [-0.4, -0.2) is 52.1 Å². The van der Waals surface area contributed by atoms with Crippen molar-refractivity contribution in [3.63, 3.8) is 0 Å². The fourth-order valence-corrected chi connectivity index (χ4v) is 5.13. The number of hydrogen-bond acceptors (Lipinski definition) is 6. The van der Waals surface area contributed by atoms with Crippen LogP contribution in [0.15, 0.2) is 36.5 Å². The van der Waals surface area contributed by atoms with Gasteiger partial charge in [0.05, 0.1) is 11.0 Å². The molecule has 43 heavy (non-hydrogen) atoms. The number of aryl methyl sites for hydroxylation is 1. The van der Waals surface area contributed by atoms with E-state index in [1.165, 1.54) is 11.0 Å². The zero-order valence-electron chi connectivity index (χ0n) is 23.8. The van der Waals surface area contributed by atoms with E-state index in [1.807, 2.05) is 13.0 Å². The van der Waals surface area contributed by atoms with Crippen LogP contribution < -0.4 is 10.1 Å². The van der Waals surface area contributed by atoms with Crippen LogP contribution in [-0.2, 0) is 17.4 Å². The summed E-state index contributed by atoms with van der Waals surface area (Å²) in [6.07, 6.45) is -3.34. The zero-order valence-corrected chi connectivity index (χ0v) is 23.8. The van der Waals surface area contributed by atoms with Gasteiger partial charge in [0.15, 0.2) is 0 Å². The predicted octanol–water partition coefficient (Wildman–Crippen LogP) is 7.71. The molecule has 1 aromatic heterocycles. The highest BCUT2D eigenvalue weighted by Gasteiger charge is 2.38. The number of nitro benzene ring substituents is 1. The molecule has 1 fully saturated rings. The molecule has 1 N–H and O–H groups in total. The molecule has 1 heterocycles. The highest BCUT2D eigenvalue weighted by Crippen LogP contribution is 2.38. The number of carbonyl (C=O) groups is 1. The maximum atomic E-state index is 13.3. The van der Waals surface area contributed by atoms with E-state index >= 15 is 0 Å². The Kier molecular flexibility index (Phi) is 12.0. The topological polar surface area (TPSA) is 97.6 Å². The number of amides is 1. The van der Waals surface area contributed by atoms with E-state index in [2.05, 4.69) is 10.3 Å². The first-order valence-electron chi connectivity index (χ1n) is 14.3. The quantitative estimate of drug-likeness (QED) is 0.101. The lowest BCUT2D eigenvalue weighted by molar-refractivity contribution is -0.388. The molecule has 0 atom stereocenters. The number of carbonyl (C=O) groups excluding carboxylic acids is 1. The Hall–Kier alpha value is -3.58. The number of hydrogen-bond donors (Lipinski definition) is 1. The summed E-state index contributed by atoms with van der Waals surface area (Å²) < 4.78 is 83.7. The van der Waals surface area contributed by atoms with Crippen LogP contribution in [0.2, 0.25) is 0 Å². The number of alkyl halides is 6. The van der Waals surface area contributed by atoms with Crippen molar-refractivity contribution in [2.45, 2.75) is 95.6 Å². The number of benzene rings is 1. The summed E-state index contributed by atoms with van der Waals surface area (Å²) in [5, 5.41) is 14.0. The Balaban J connectivity index is 1.42. The molecular weight excluding hydrogens is 582 g/mol. The van der Waals surface area contributed by atoms with Crippen LogP contribution in [0.4, 0.5) is 37.7 Å². The second kappa shape index (κ2) is 15.2. The highest BCUT2D eigenvalue weighted by molar-refractivity contribution is 5.76. The Morgan fingerprint density at radius 2 is 1.77 bits per heavy atom. The summed E-state index contributed by atoms with van der Waals surface area (Å²) in [5.41, 5.74) is -1.29. The molecule has 8 nitrogen and oxygen atoms in total. The van der Waals surface area contributed by atoms with Gasteiger partial charge in [-0.15, -0.1) is 0 Å². The third-order valence-corrected chi connectivity index (χ3v) is 7.19. The van der Waals surface area contributed by atoms with Crippen molar-refractivity contribution >= 4 is 17.3 Å². The van der Waals surface area contributed by atoms with Gasteiger partial charge >= 0.3 is 12.4 Å². The molecule has 0 aliphatic heterocycles. The number of nitro groups is 1. The summed E-state index contributed by atoms with van der Waals surface area (Å²) in [4.78, 5) is 27.5. The Morgan fingerprint density at radius 3 is 2.40 bits per heavy atom. The van der Waals surface area contributed by atoms with Gasteiger partial charge in [0.2, 0.25) is 5.91 Å². The number of halogens is 6. The van der Waals surface area contributed by atoms with E-state index < -0.39 is 40.9 Å². The van der Waals surface area contributed by atoms with E-state index in [0.717, 1.165) is 30.7 Å². The Morgan fingerprint density at radius 1 is 1.05 bits per heavy atom. The van der Waals surface area contributed by atoms with E-state index in [-0.39, 0.29) is 24.4 Å². The fourth-order valence-electron chi connectivity index (χ4n) is 5.13. The zero-order chi connectivity index (χ0) is 31.6. The van der Waals surface area contributed by atoms with E-state index in [4.69, 9.17) is 4.74 Å². The van der Waals surface area contributed by atoms with Gasteiger partial charge in [0.25, 0.3) is 5.69 Å². The number of ether oxygens (including phenoxy) is 1. The monoisotopic (exact) mass is 618 g/mol. The lowest BCUT2D eigenvalue weighted by Gasteiger charge is -2.30. The third kappa shape index (κ3) is 11.2. The van der Waals surface area contributed by atoms with E-state index in [0.29, 0.717) is 57.2 Å². The summed E-state index contributed by atoms with van der Waals surface area (Å²) in [6.45, 7) is 2.39. The number of rotatable bonds is 14. The minimum Gasteiger partial charge on any atom is -0.490 e. The van der Waals surface area contributed by atoms with Gasteiger partial charge in [0.1, 0.15) is 17.7 Å². The minimum absolute atomic E-state index is 0.0883. The number of nitrogens with zero attached hydrogens (tertiary/aromatic N) is 3. The van der Waals surface area contributed by atoms with Crippen molar-refractivity contribution in [3.05, 3.63) is 57.9 Å². The minimum atomic E-state index is -4.84. The van der Waals surface area contributed by atoms with Crippen LogP contribution in [0.3, 0.4) is 0 Å². The van der Waals surface area contributed by atoms with Crippen molar-refractivity contribution in [3.8, 4) is 5.75 Å². The highest BCUT2D eigenvalue weighted by atomic mass is 19.4. The lowest BCUT2D eigenvalue weighted by atomic mass is 9.92. The van der Waals surface area contributed by atoms with Crippen LogP contribution in [0.25, 0.3) is 0 Å². The molecule has 2 aromatic rings. The fraction of sp³-hybridized carbons (Fsp3) is 0.586. The van der Waals surface area contributed by atoms with Gasteiger partial charge in [-0.05, 0) is 69.6 Å². The first-order chi connectivity index (χ1) is 20.2. The van der Waals surface area contributed by atoms with Gasteiger partial charge in [-0.2, -0.15) is 26.3 Å². The number of pyridine rings is 1. The summed E-state index contributed by atoms with van der Waals surface area (Å²) in [5.74, 6) is -0.244. The van der Waals surface area contributed by atoms with Crippen LogP contribution >= 0.6 is 0 Å². The van der Waals surface area contributed by atoms with Crippen molar-refractivity contribution in [1.29, 1.82) is 0 Å². The van der Waals surface area contributed by atoms with Crippen LogP contribution in [0, 0.1) is 10.1 Å².